The Kier molecular flexibility index (Phi) is 10.3. The molecule has 1 N–H and O–H groups in total. The number of rotatable bonds is 12. The lowest BCUT2D eigenvalue weighted by Gasteiger charge is -2.39. The molecular weight excluding hydrogens is 641 g/mol. The van der Waals surface area contributed by atoms with Gasteiger partial charge in [0, 0.05) is 60.3 Å². The molecule has 0 saturated carbocycles. The summed E-state index contributed by atoms with van der Waals surface area (Å²) < 4.78 is 8.39. The largest absolute Gasteiger partial charge is 0.489 e. The number of piperidine rings is 1. The molecule has 0 unspecified atom stereocenters. The molecular formula is C37H40Cl3N3O3. The highest BCUT2D eigenvalue weighted by Gasteiger charge is 2.40. The molecule has 2 aliphatic rings. The minimum absolute atomic E-state index is 0.00405. The maximum atomic E-state index is 13.5. The lowest BCUT2D eigenvalue weighted by atomic mass is 9.85. The maximum Gasteiger partial charge on any atom is 0.253 e. The summed E-state index contributed by atoms with van der Waals surface area (Å²) in [6, 6.07) is 19.6. The van der Waals surface area contributed by atoms with Gasteiger partial charge in [0.25, 0.3) is 5.91 Å². The molecule has 1 amide bonds. The van der Waals surface area contributed by atoms with Crippen molar-refractivity contribution in [2.24, 2.45) is 5.92 Å². The van der Waals surface area contributed by atoms with Gasteiger partial charge in [-0.15, -0.1) is 0 Å². The number of ether oxygens (including phenoxy) is 1. The monoisotopic (exact) mass is 679 g/mol. The van der Waals surface area contributed by atoms with Gasteiger partial charge in [-0.2, -0.15) is 0 Å². The van der Waals surface area contributed by atoms with Crippen LogP contribution in [0.4, 0.5) is 0 Å². The number of hydrogen-bond donors (Lipinski definition) is 1. The van der Waals surface area contributed by atoms with Gasteiger partial charge in [0.2, 0.25) is 0 Å². The van der Waals surface area contributed by atoms with Crippen molar-refractivity contribution in [1.29, 1.82) is 0 Å². The highest BCUT2D eigenvalue weighted by atomic mass is 35.5. The van der Waals surface area contributed by atoms with Gasteiger partial charge in [0.1, 0.15) is 5.75 Å². The molecule has 6 rings (SSSR count). The third-order valence-electron chi connectivity index (χ3n) is 9.34. The first-order valence-electron chi connectivity index (χ1n) is 16.2. The van der Waals surface area contributed by atoms with Gasteiger partial charge in [0.05, 0.1) is 27.2 Å². The van der Waals surface area contributed by atoms with E-state index in [1.165, 1.54) is 12.8 Å². The van der Waals surface area contributed by atoms with Gasteiger partial charge in [-0.3, -0.25) is 14.5 Å². The zero-order chi connectivity index (χ0) is 32.4. The molecule has 3 aromatic carbocycles. The predicted octanol–water partition coefficient (Wildman–Crippen LogP) is 9.22. The van der Waals surface area contributed by atoms with Crippen molar-refractivity contribution < 1.29 is 14.3 Å². The van der Waals surface area contributed by atoms with Crippen LogP contribution in [0.25, 0.3) is 10.9 Å². The number of amides is 1. The third kappa shape index (κ3) is 7.41. The van der Waals surface area contributed by atoms with Gasteiger partial charge < -0.3 is 14.6 Å². The summed E-state index contributed by atoms with van der Waals surface area (Å²) in [7, 11) is 0. The Balaban J connectivity index is 1.12. The number of aryl methyl sites for hydroxylation is 1. The summed E-state index contributed by atoms with van der Waals surface area (Å²) in [5.74, 6) is 1.27. The van der Waals surface area contributed by atoms with E-state index in [4.69, 9.17) is 39.5 Å². The zero-order valence-electron chi connectivity index (χ0n) is 26.3. The average molecular weight is 681 g/mol. The van der Waals surface area contributed by atoms with Crippen LogP contribution in [0.3, 0.4) is 0 Å². The SMILES string of the molecule is CC(C)Oc1cccc2c(C(=O)NCc3ccc(Cl)c(Cl)c3)cn(CCCN3[C@@H]4CC[C@H]3C[C@H](CC(=O)c3ccc(Cl)cc3)C4)c12. The summed E-state index contributed by atoms with van der Waals surface area (Å²) in [6.07, 6.45) is 8.04. The number of hydrogen-bond acceptors (Lipinski definition) is 4. The Morgan fingerprint density at radius 2 is 1.67 bits per heavy atom. The Labute approximate surface area is 285 Å². The Bertz CT molecular complexity index is 1700. The Hall–Kier alpha value is -3.03. The molecule has 2 aliphatic heterocycles. The number of ketones is 1. The number of Topliss-reactive ketones (excluding diaryl/α,β-unsaturated/α-hetero) is 1. The molecule has 0 radical (unpaired) electrons. The van der Waals surface area contributed by atoms with E-state index in [1.807, 2.05) is 56.4 Å². The highest BCUT2D eigenvalue weighted by molar-refractivity contribution is 6.42. The number of halogens is 3. The number of nitrogens with one attached hydrogen (secondary N) is 1. The van der Waals surface area contributed by atoms with Gasteiger partial charge in [0.15, 0.2) is 5.78 Å². The van der Waals surface area contributed by atoms with Gasteiger partial charge in [-0.1, -0.05) is 53.0 Å². The number of benzene rings is 3. The third-order valence-corrected chi connectivity index (χ3v) is 10.3. The highest BCUT2D eigenvalue weighted by Crippen LogP contribution is 2.40. The van der Waals surface area contributed by atoms with Crippen LogP contribution in [0.1, 0.15) is 78.7 Å². The predicted molar refractivity (Wildman–Crippen MR) is 187 cm³/mol. The first kappa shape index (κ1) is 32.9. The number of aromatic nitrogens is 1. The van der Waals surface area contributed by atoms with E-state index in [-0.39, 0.29) is 17.8 Å². The number of fused-ring (bicyclic) bond motifs is 3. The topological polar surface area (TPSA) is 63.6 Å². The average Bonchev–Trinajstić information content (AvgIpc) is 3.51. The molecule has 1 aromatic heterocycles. The van der Waals surface area contributed by atoms with Crippen molar-refractivity contribution in [2.45, 2.75) is 83.6 Å². The normalized spacial score (nSPS) is 19.6. The number of carbonyl (C=O) groups excluding carboxylic acids is 2. The first-order chi connectivity index (χ1) is 22.2. The number of para-hydroxylation sites is 1. The van der Waals surface area contributed by atoms with Crippen molar-refractivity contribution in [3.05, 3.63) is 98.6 Å². The smallest absolute Gasteiger partial charge is 0.253 e. The maximum absolute atomic E-state index is 13.5. The molecule has 0 aliphatic carbocycles. The summed E-state index contributed by atoms with van der Waals surface area (Å²) >= 11 is 18.3. The lowest BCUT2D eigenvalue weighted by Crippen LogP contribution is -2.43. The quantitative estimate of drug-likeness (QED) is 0.152. The molecule has 0 spiro atoms. The Morgan fingerprint density at radius 1 is 0.935 bits per heavy atom. The Morgan fingerprint density at radius 3 is 2.37 bits per heavy atom. The standard InChI is InChI=1S/C37H40Cl3N3O3/c1-23(2)46-35-6-3-5-30-31(37(45)41-21-24-7-14-32(39)33(40)19-24)22-42(36(30)35)15-4-16-43-28-12-13-29(43)18-25(17-28)20-34(44)26-8-10-27(38)11-9-26/h3,5-11,14,19,22-23,25,28-29H,4,12-13,15-18,20-21H2,1-2H3,(H,41,45)/t25-,28-,29+. The van der Waals surface area contributed by atoms with Crippen molar-refractivity contribution in [3.63, 3.8) is 0 Å². The summed E-state index contributed by atoms with van der Waals surface area (Å²) in [4.78, 5) is 29.1. The van der Waals surface area contributed by atoms with Gasteiger partial charge in [-0.05, 0) is 99.9 Å². The first-order valence-corrected chi connectivity index (χ1v) is 17.3. The zero-order valence-corrected chi connectivity index (χ0v) is 28.5. The molecule has 4 aromatic rings. The second kappa shape index (κ2) is 14.4. The van der Waals surface area contributed by atoms with Crippen LogP contribution in [-0.4, -0.2) is 45.9 Å². The van der Waals surface area contributed by atoms with Gasteiger partial charge in [-0.25, -0.2) is 0 Å². The van der Waals surface area contributed by atoms with Crippen LogP contribution < -0.4 is 10.1 Å². The van der Waals surface area contributed by atoms with Crippen LogP contribution in [0, 0.1) is 5.92 Å². The van der Waals surface area contributed by atoms with Crippen LogP contribution in [0.5, 0.6) is 5.75 Å². The molecule has 2 bridgehead atoms. The van der Waals surface area contributed by atoms with E-state index in [9.17, 15) is 9.59 Å². The molecule has 6 nitrogen and oxygen atoms in total. The molecule has 46 heavy (non-hydrogen) atoms. The minimum atomic E-state index is -0.148. The summed E-state index contributed by atoms with van der Waals surface area (Å²) in [6.45, 7) is 6.12. The van der Waals surface area contributed by atoms with E-state index < -0.39 is 0 Å². The molecule has 3 heterocycles. The molecule has 9 heteroatoms. The minimum Gasteiger partial charge on any atom is -0.489 e. The van der Waals surface area contributed by atoms with E-state index in [0.717, 1.165) is 60.1 Å². The fourth-order valence-corrected chi connectivity index (χ4v) is 7.76. The van der Waals surface area contributed by atoms with Crippen molar-refractivity contribution in [3.8, 4) is 5.75 Å². The summed E-state index contributed by atoms with van der Waals surface area (Å²) in [5, 5.41) is 5.52. The number of nitrogens with zero attached hydrogens (tertiary/aromatic N) is 2. The van der Waals surface area contributed by atoms with Crippen molar-refractivity contribution >= 4 is 57.4 Å². The van der Waals surface area contributed by atoms with E-state index in [2.05, 4.69) is 14.8 Å². The van der Waals surface area contributed by atoms with Crippen molar-refractivity contribution in [1.82, 2.24) is 14.8 Å². The van der Waals surface area contributed by atoms with Crippen molar-refractivity contribution in [2.75, 3.05) is 6.54 Å². The second-order valence-corrected chi connectivity index (χ2v) is 14.2. The molecule has 242 valence electrons. The lowest BCUT2D eigenvalue weighted by molar-refractivity contribution is 0.0807. The fraction of sp³-hybridized carbons (Fsp3) is 0.405. The molecule has 3 atom stereocenters. The fourth-order valence-electron chi connectivity index (χ4n) is 7.32. The van der Waals surface area contributed by atoms with Crippen LogP contribution in [0.2, 0.25) is 15.1 Å². The molecule has 2 saturated heterocycles. The van der Waals surface area contributed by atoms with Crippen LogP contribution >= 0.6 is 34.8 Å². The molecule has 2 fully saturated rings. The second-order valence-electron chi connectivity index (χ2n) is 12.9. The number of carbonyl (C=O) groups is 2. The van der Waals surface area contributed by atoms with Crippen LogP contribution in [0.15, 0.2) is 66.9 Å². The van der Waals surface area contributed by atoms with Crippen LogP contribution in [-0.2, 0) is 13.1 Å². The summed E-state index contributed by atoms with van der Waals surface area (Å²) in [5.41, 5.74) is 3.19. The van der Waals surface area contributed by atoms with E-state index in [1.54, 1.807) is 24.3 Å². The van der Waals surface area contributed by atoms with Gasteiger partial charge >= 0.3 is 0 Å². The van der Waals surface area contributed by atoms with E-state index in [0.29, 0.717) is 51.6 Å². The van der Waals surface area contributed by atoms with E-state index >= 15 is 0 Å².